The number of fused-ring (bicyclic) bond motifs is 2. The summed E-state index contributed by atoms with van der Waals surface area (Å²) in [6.07, 6.45) is 1.74. The van der Waals surface area contributed by atoms with Gasteiger partial charge in [-0.25, -0.2) is 14.4 Å². The molecular weight excluding hydrogens is 289 g/mol. The predicted octanol–water partition coefficient (Wildman–Crippen LogP) is 4.47. The molecule has 4 rings (SSSR count). The summed E-state index contributed by atoms with van der Waals surface area (Å²) in [5.74, 6) is 0.474. The quantitative estimate of drug-likeness (QED) is 0.663. The molecule has 2 heterocycles. The van der Waals surface area contributed by atoms with Crippen molar-refractivity contribution in [2.75, 3.05) is 11.9 Å². The lowest BCUT2D eigenvalue weighted by molar-refractivity contribution is 0.625. The average Bonchev–Trinajstić information content (AvgIpc) is 2.72. The number of halogens is 1. The zero-order valence-electron chi connectivity index (χ0n) is 12.6. The third kappa shape index (κ3) is 2.19. The first-order valence-electron chi connectivity index (χ1n) is 7.37. The average molecular weight is 303 g/mol. The molecule has 0 fully saturated rings. The van der Waals surface area contributed by atoms with Crippen LogP contribution in [0, 0.1) is 5.82 Å². The van der Waals surface area contributed by atoms with Gasteiger partial charge in [0.15, 0.2) is 5.82 Å². The van der Waals surface area contributed by atoms with E-state index in [4.69, 9.17) is 4.99 Å². The van der Waals surface area contributed by atoms with Crippen LogP contribution in [0.5, 0.6) is 0 Å². The van der Waals surface area contributed by atoms with Crippen LogP contribution < -0.4 is 4.90 Å². The highest BCUT2D eigenvalue weighted by atomic mass is 19.1. The SMILES string of the molecule is CN1c2ccccc2C(c2ccccc2F)=Nc2cccnc21. The fourth-order valence-corrected chi connectivity index (χ4v) is 2.85. The van der Waals surface area contributed by atoms with Gasteiger partial charge in [0, 0.05) is 24.4 Å². The van der Waals surface area contributed by atoms with Gasteiger partial charge in [-0.2, -0.15) is 0 Å². The largest absolute Gasteiger partial charge is 0.327 e. The lowest BCUT2D eigenvalue weighted by atomic mass is 10.00. The van der Waals surface area contributed by atoms with Gasteiger partial charge in [-0.3, -0.25) is 0 Å². The van der Waals surface area contributed by atoms with E-state index < -0.39 is 0 Å². The van der Waals surface area contributed by atoms with Gasteiger partial charge in [-0.15, -0.1) is 0 Å². The molecule has 1 aliphatic heterocycles. The van der Waals surface area contributed by atoms with Crippen molar-refractivity contribution in [3.8, 4) is 0 Å². The standard InChI is InChI=1S/C19H14FN3/c1-23-17-11-5-3-8-14(17)18(13-7-2-4-9-15(13)20)22-16-10-6-12-21-19(16)23/h2-12H,1H3. The van der Waals surface area contributed by atoms with E-state index >= 15 is 0 Å². The molecule has 0 atom stereocenters. The minimum Gasteiger partial charge on any atom is -0.327 e. The molecule has 0 saturated carbocycles. The molecule has 0 spiro atoms. The number of para-hydroxylation sites is 1. The van der Waals surface area contributed by atoms with Crippen LogP contribution in [-0.4, -0.2) is 17.7 Å². The summed E-state index contributed by atoms with van der Waals surface area (Å²) in [4.78, 5) is 11.2. The fourth-order valence-electron chi connectivity index (χ4n) is 2.85. The second-order valence-electron chi connectivity index (χ2n) is 5.36. The summed E-state index contributed by atoms with van der Waals surface area (Å²) < 4.78 is 14.4. The Labute approximate surface area is 133 Å². The van der Waals surface area contributed by atoms with Crippen molar-refractivity contribution in [3.63, 3.8) is 0 Å². The fraction of sp³-hybridized carbons (Fsp3) is 0.0526. The number of aliphatic imine (C=N–C) groups is 1. The Hall–Kier alpha value is -3.01. The second kappa shape index (κ2) is 5.32. The maximum absolute atomic E-state index is 14.4. The molecule has 0 bridgehead atoms. The maximum Gasteiger partial charge on any atom is 0.158 e. The minimum absolute atomic E-state index is 0.281. The molecule has 0 saturated heterocycles. The van der Waals surface area contributed by atoms with Crippen LogP contribution in [-0.2, 0) is 0 Å². The highest BCUT2D eigenvalue weighted by molar-refractivity contribution is 6.18. The number of rotatable bonds is 1. The van der Waals surface area contributed by atoms with E-state index in [0.717, 1.165) is 22.8 Å². The molecule has 3 aromatic rings. The number of hydrogen-bond donors (Lipinski definition) is 0. The van der Waals surface area contributed by atoms with Gasteiger partial charge >= 0.3 is 0 Å². The Balaban J connectivity index is 2.06. The monoisotopic (exact) mass is 303 g/mol. The molecule has 0 radical (unpaired) electrons. The summed E-state index contributed by atoms with van der Waals surface area (Å²) >= 11 is 0. The van der Waals surface area contributed by atoms with Crippen molar-refractivity contribution in [2.45, 2.75) is 0 Å². The minimum atomic E-state index is -0.281. The summed E-state index contributed by atoms with van der Waals surface area (Å²) in [6.45, 7) is 0. The zero-order chi connectivity index (χ0) is 15.8. The van der Waals surface area contributed by atoms with Gasteiger partial charge in [0.2, 0.25) is 0 Å². The van der Waals surface area contributed by atoms with Gasteiger partial charge in [0.05, 0.1) is 11.4 Å². The van der Waals surface area contributed by atoms with Crippen molar-refractivity contribution >= 4 is 22.9 Å². The second-order valence-corrected chi connectivity index (χ2v) is 5.36. The molecule has 23 heavy (non-hydrogen) atoms. The normalized spacial score (nSPS) is 13.0. The first-order chi connectivity index (χ1) is 11.3. The highest BCUT2D eigenvalue weighted by Gasteiger charge is 2.23. The van der Waals surface area contributed by atoms with E-state index in [0.29, 0.717) is 11.3 Å². The van der Waals surface area contributed by atoms with Crippen molar-refractivity contribution in [1.29, 1.82) is 0 Å². The third-order valence-electron chi connectivity index (χ3n) is 3.97. The topological polar surface area (TPSA) is 28.5 Å². The molecule has 0 amide bonds. The van der Waals surface area contributed by atoms with Crippen LogP contribution in [0.25, 0.3) is 0 Å². The maximum atomic E-state index is 14.4. The molecule has 0 N–H and O–H groups in total. The van der Waals surface area contributed by atoms with Crippen molar-refractivity contribution in [2.24, 2.45) is 4.99 Å². The summed E-state index contributed by atoms with van der Waals surface area (Å²) in [5.41, 5.74) is 3.68. The van der Waals surface area contributed by atoms with Crippen molar-refractivity contribution in [1.82, 2.24) is 4.98 Å². The number of nitrogens with zero attached hydrogens (tertiary/aromatic N) is 3. The van der Waals surface area contributed by atoms with E-state index in [1.807, 2.05) is 54.4 Å². The molecule has 4 heteroatoms. The van der Waals surface area contributed by atoms with Gasteiger partial charge in [0.25, 0.3) is 0 Å². The molecule has 0 unspecified atom stereocenters. The number of anilines is 2. The molecule has 2 aromatic carbocycles. The third-order valence-corrected chi connectivity index (χ3v) is 3.97. The van der Waals surface area contributed by atoms with Crippen molar-refractivity contribution in [3.05, 3.63) is 83.8 Å². The van der Waals surface area contributed by atoms with Gasteiger partial charge in [-0.05, 0) is 30.3 Å². The zero-order valence-corrected chi connectivity index (χ0v) is 12.6. The number of aromatic nitrogens is 1. The lowest BCUT2D eigenvalue weighted by Gasteiger charge is -2.20. The van der Waals surface area contributed by atoms with Gasteiger partial charge in [0.1, 0.15) is 11.5 Å². The van der Waals surface area contributed by atoms with Gasteiger partial charge < -0.3 is 4.90 Å². The number of hydrogen-bond acceptors (Lipinski definition) is 3. The van der Waals surface area contributed by atoms with Crippen LogP contribution in [0.2, 0.25) is 0 Å². The predicted molar refractivity (Wildman–Crippen MR) is 90.4 cm³/mol. The van der Waals surface area contributed by atoms with E-state index in [1.165, 1.54) is 6.07 Å². The molecular formula is C19H14FN3. The highest BCUT2D eigenvalue weighted by Crippen LogP contribution is 2.37. The van der Waals surface area contributed by atoms with Crippen LogP contribution in [0.3, 0.4) is 0 Å². The van der Waals surface area contributed by atoms with Crippen LogP contribution in [0.1, 0.15) is 11.1 Å². The van der Waals surface area contributed by atoms with E-state index in [1.54, 1.807) is 18.3 Å². The Kier molecular flexibility index (Phi) is 3.15. The summed E-state index contributed by atoms with van der Waals surface area (Å²) in [5, 5.41) is 0. The number of pyridine rings is 1. The first kappa shape index (κ1) is 13.6. The first-order valence-corrected chi connectivity index (χ1v) is 7.37. The lowest BCUT2D eigenvalue weighted by Crippen LogP contribution is -2.14. The Bertz CT molecular complexity index is 918. The van der Waals surface area contributed by atoms with E-state index in [9.17, 15) is 4.39 Å². The Morgan fingerprint density at radius 3 is 2.43 bits per heavy atom. The molecule has 0 aliphatic carbocycles. The molecule has 3 nitrogen and oxygen atoms in total. The van der Waals surface area contributed by atoms with Gasteiger partial charge in [-0.1, -0.05) is 30.3 Å². The molecule has 1 aliphatic rings. The Morgan fingerprint density at radius 2 is 1.61 bits per heavy atom. The van der Waals surface area contributed by atoms with Crippen molar-refractivity contribution < 1.29 is 4.39 Å². The summed E-state index contributed by atoms with van der Waals surface area (Å²) in [7, 11) is 1.95. The van der Waals surface area contributed by atoms with Crippen LogP contribution >= 0.6 is 0 Å². The molecule has 1 aromatic heterocycles. The Morgan fingerprint density at radius 1 is 0.870 bits per heavy atom. The van der Waals surface area contributed by atoms with Crippen LogP contribution in [0.4, 0.5) is 21.6 Å². The van der Waals surface area contributed by atoms with E-state index in [-0.39, 0.29) is 5.82 Å². The van der Waals surface area contributed by atoms with E-state index in [2.05, 4.69) is 4.98 Å². The van der Waals surface area contributed by atoms with Crippen LogP contribution in [0.15, 0.2) is 71.9 Å². The smallest absolute Gasteiger partial charge is 0.158 e. The summed E-state index contributed by atoms with van der Waals surface area (Å²) in [6, 6.07) is 18.3. The number of benzene rings is 2. The molecule has 112 valence electrons.